The van der Waals surface area contributed by atoms with Crippen LogP contribution in [0.4, 0.5) is 0 Å². The molecule has 18 heavy (non-hydrogen) atoms. The zero-order valence-electron chi connectivity index (χ0n) is 11.0. The molecule has 4 atom stereocenters. The highest BCUT2D eigenvalue weighted by atomic mass is 16.7. The van der Waals surface area contributed by atoms with Crippen LogP contribution in [0.2, 0.25) is 0 Å². The van der Waals surface area contributed by atoms with Gasteiger partial charge in [0.05, 0.1) is 18.1 Å². The van der Waals surface area contributed by atoms with Crippen molar-refractivity contribution < 1.29 is 28.5 Å². The van der Waals surface area contributed by atoms with E-state index < -0.39 is 5.60 Å². The number of ether oxygens (including phenoxy) is 5. The third kappa shape index (κ3) is 2.51. The van der Waals surface area contributed by atoms with Crippen LogP contribution in [0.15, 0.2) is 0 Å². The van der Waals surface area contributed by atoms with Gasteiger partial charge in [-0.3, -0.25) is 4.79 Å². The Morgan fingerprint density at radius 2 is 2.06 bits per heavy atom. The number of carbonyl (C=O) groups is 1. The van der Waals surface area contributed by atoms with E-state index in [1.54, 1.807) is 14.2 Å². The summed E-state index contributed by atoms with van der Waals surface area (Å²) in [5, 5.41) is 0. The van der Waals surface area contributed by atoms with Crippen molar-refractivity contribution in [2.24, 2.45) is 5.92 Å². The summed E-state index contributed by atoms with van der Waals surface area (Å²) < 4.78 is 26.6. The lowest BCUT2D eigenvalue weighted by Gasteiger charge is -2.32. The van der Waals surface area contributed by atoms with Crippen molar-refractivity contribution in [2.45, 2.75) is 37.6 Å². The van der Waals surface area contributed by atoms with Gasteiger partial charge < -0.3 is 23.7 Å². The molecule has 6 heteroatoms. The number of carbonyl (C=O) groups excluding carboxylic acids is 1. The molecule has 0 bridgehead atoms. The number of hydrogen-bond acceptors (Lipinski definition) is 6. The zero-order chi connectivity index (χ0) is 13.2. The highest BCUT2D eigenvalue weighted by molar-refractivity contribution is 5.72. The Bertz CT molecular complexity index is 307. The molecule has 0 spiro atoms. The van der Waals surface area contributed by atoms with E-state index in [4.69, 9.17) is 23.7 Å². The molecule has 0 aromatic carbocycles. The van der Waals surface area contributed by atoms with E-state index in [0.717, 1.165) is 0 Å². The molecule has 0 amide bonds. The van der Waals surface area contributed by atoms with Crippen LogP contribution in [0.3, 0.4) is 0 Å². The van der Waals surface area contributed by atoms with Crippen LogP contribution in [-0.4, -0.2) is 51.6 Å². The molecule has 2 aliphatic rings. The minimum absolute atomic E-state index is 0.0366. The maximum Gasteiger partial charge on any atom is 0.306 e. The second-order valence-corrected chi connectivity index (χ2v) is 4.96. The second-order valence-electron chi connectivity index (χ2n) is 4.96. The van der Waals surface area contributed by atoms with Gasteiger partial charge >= 0.3 is 5.97 Å². The third-order valence-corrected chi connectivity index (χ3v) is 3.63. The summed E-state index contributed by atoms with van der Waals surface area (Å²) in [6.07, 6.45) is 0.664. The summed E-state index contributed by atoms with van der Waals surface area (Å²) in [5.74, 6) is -0.126. The van der Waals surface area contributed by atoms with Crippen molar-refractivity contribution >= 4 is 5.97 Å². The molecule has 1 aliphatic heterocycles. The maximum atomic E-state index is 11.3. The van der Waals surface area contributed by atoms with Crippen molar-refractivity contribution in [3.63, 3.8) is 0 Å². The number of hydrogen-bond donors (Lipinski definition) is 0. The van der Waals surface area contributed by atoms with Gasteiger partial charge in [-0.1, -0.05) is 0 Å². The Balaban J connectivity index is 2.07. The number of methoxy groups -OCH3 is 2. The highest BCUT2D eigenvalue weighted by Gasteiger charge is 2.57. The highest BCUT2D eigenvalue weighted by Crippen LogP contribution is 2.46. The van der Waals surface area contributed by atoms with Gasteiger partial charge in [0.1, 0.15) is 19.7 Å². The first-order valence-corrected chi connectivity index (χ1v) is 6.03. The molecule has 6 nitrogen and oxygen atoms in total. The average molecular weight is 260 g/mol. The molecule has 1 saturated heterocycles. The minimum Gasteiger partial charge on any atom is -0.462 e. The normalized spacial score (nSPS) is 38.8. The standard InChI is InChI=1S/C12H20O6/c1-12(17-7-15-3)5-9-8(4-10(13)18-9)11(12)16-6-14-2/h8-9,11H,4-7H2,1-3H3/t8-,9-,11-,12-/m1/s1. The average Bonchev–Trinajstić information content (AvgIpc) is 2.78. The molecule has 104 valence electrons. The molecule has 2 fully saturated rings. The summed E-state index contributed by atoms with van der Waals surface area (Å²) in [4.78, 5) is 11.3. The van der Waals surface area contributed by atoms with E-state index in [1.807, 2.05) is 6.92 Å². The van der Waals surface area contributed by atoms with Crippen LogP contribution in [0.1, 0.15) is 19.8 Å². The minimum atomic E-state index is -0.509. The zero-order valence-corrected chi connectivity index (χ0v) is 11.0. The Hall–Kier alpha value is -0.690. The van der Waals surface area contributed by atoms with Crippen LogP contribution in [0.5, 0.6) is 0 Å². The number of esters is 1. The quantitative estimate of drug-likeness (QED) is 0.517. The molecule has 0 aromatic heterocycles. The van der Waals surface area contributed by atoms with Gasteiger partial charge in [0.15, 0.2) is 0 Å². The lowest BCUT2D eigenvalue weighted by Crippen LogP contribution is -2.43. The van der Waals surface area contributed by atoms with E-state index in [1.165, 1.54) is 0 Å². The molecule has 1 heterocycles. The predicted molar refractivity (Wildman–Crippen MR) is 60.7 cm³/mol. The molecule has 1 saturated carbocycles. The van der Waals surface area contributed by atoms with Crippen LogP contribution in [-0.2, 0) is 28.5 Å². The summed E-state index contributed by atoms with van der Waals surface area (Å²) in [5.41, 5.74) is -0.509. The maximum absolute atomic E-state index is 11.3. The summed E-state index contributed by atoms with van der Waals surface area (Å²) in [6, 6.07) is 0. The first-order valence-electron chi connectivity index (χ1n) is 6.03. The Morgan fingerprint density at radius 1 is 1.33 bits per heavy atom. The first kappa shape index (κ1) is 13.7. The first-order chi connectivity index (χ1) is 8.60. The van der Waals surface area contributed by atoms with Gasteiger partial charge in [-0.2, -0.15) is 0 Å². The number of fused-ring (bicyclic) bond motifs is 1. The Labute approximate surface area is 106 Å². The van der Waals surface area contributed by atoms with Crippen molar-refractivity contribution in [1.82, 2.24) is 0 Å². The largest absolute Gasteiger partial charge is 0.462 e. The van der Waals surface area contributed by atoms with Crippen molar-refractivity contribution in [3.05, 3.63) is 0 Å². The molecular weight excluding hydrogens is 240 g/mol. The van der Waals surface area contributed by atoms with Crippen molar-refractivity contribution in [1.29, 1.82) is 0 Å². The molecule has 0 radical (unpaired) electrons. The SMILES string of the molecule is COCO[C@@H]1[C@@H]2CC(=O)O[C@@H]2C[C@@]1(C)OCOC. The fourth-order valence-corrected chi connectivity index (χ4v) is 2.87. The summed E-state index contributed by atoms with van der Waals surface area (Å²) in [7, 11) is 3.14. The van der Waals surface area contributed by atoms with Crippen molar-refractivity contribution in [3.8, 4) is 0 Å². The third-order valence-electron chi connectivity index (χ3n) is 3.63. The van der Waals surface area contributed by atoms with Gasteiger partial charge in [0.2, 0.25) is 0 Å². The van der Waals surface area contributed by atoms with Gasteiger partial charge in [-0.15, -0.1) is 0 Å². The fourth-order valence-electron chi connectivity index (χ4n) is 2.87. The van der Waals surface area contributed by atoms with Crippen molar-refractivity contribution in [2.75, 3.05) is 27.8 Å². The molecular formula is C12H20O6. The Morgan fingerprint density at radius 3 is 2.72 bits per heavy atom. The summed E-state index contributed by atoms with van der Waals surface area (Å²) in [6.45, 7) is 2.32. The topological polar surface area (TPSA) is 63.2 Å². The molecule has 0 N–H and O–H groups in total. The van der Waals surface area contributed by atoms with E-state index >= 15 is 0 Å². The van der Waals surface area contributed by atoms with E-state index in [0.29, 0.717) is 12.8 Å². The van der Waals surface area contributed by atoms with Crippen LogP contribution >= 0.6 is 0 Å². The fraction of sp³-hybridized carbons (Fsp3) is 0.917. The monoisotopic (exact) mass is 260 g/mol. The van der Waals surface area contributed by atoms with Gasteiger partial charge in [-0.05, 0) is 6.92 Å². The van der Waals surface area contributed by atoms with Crippen LogP contribution < -0.4 is 0 Å². The molecule has 0 unspecified atom stereocenters. The van der Waals surface area contributed by atoms with Gasteiger partial charge in [0, 0.05) is 26.6 Å². The lowest BCUT2D eigenvalue weighted by atomic mass is 9.96. The van der Waals surface area contributed by atoms with E-state index in [-0.39, 0.29) is 37.7 Å². The predicted octanol–water partition coefficient (Wildman–Crippen LogP) is 0.690. The molecule has 1 aliphatic carbocycles. The Kier molecular flexibility index (Phi) is 4.21. The molecule has 0 aromatic rings. The van der Waals surface area contributed by atoms with Crippen LogP contribution in [0.25, 0.3) is 0 Å². The molecule has 2 rings (SSSR count). The summed E-state index contributed by atoms with van der Waals surface area (Å²) >= 11 is 0. The van der Waals surface area contributed by atoms with Crippen LogP contribution in [0, 0.1) is 5.92 Å². The van der Waals surface area contributed by atoms with Gasteiger partial charge in [-0.25, -0.2) is 0 Å². The van der Waals surface area contributed by atoms with Gasteiger partial charge in [0.25, 0.3) is 0 Å². The lowest BCUT2D eigenvalue weighted by molar-refractivity contribution is -0.199. The van der Waals surface area contributed by atoms with E-state index in [9.17, 15) is 4.79 Å². The van der Waals surface area contributed by atoms with E-state index in [2.05, 4.69) is 0 Å². The number of rotatable bonds is 6. The second kappa shape index (κ2) is 5.52. The smallest absolute Gasteiger partial charge is 0.306 e.